The zero-order valence-corrected chi connectivity index (χ0v) is 17.2. The van der Waals surface area contributed by atoms with E-state index in [1.807, 2.05) is 29.2 Å². The minimum absolute atomic E-state index is 0.191. The maximum absolute atomic E-state index is 12.5. The Morgan fingerprint density at radius 3 is 2.67 bits per heavy atom. The fourth-order valence-electron chi connectivity index (χ4n) is 3.15. The third kappa shape index (κ3) is 4.82. The van der Waals surface area contributed by atoms with E-state index in [4.69, 9.17) is 11.6 Å². The first-order valence-corrected chi connectivity index (χ1v) is 11.1. The molecule has 1 saturated heterocycles. The van der Waals surface area contributed by atoms with Gasteiger partial charge in [0.05, 0.1) is 16.0 Å². The summed E-state index contributed by atoms with van der Waals surface area (Å²) < 4.78 is 2.02. The van der Waals surface area contributed by atoms with Crippen molar-refractivity contribution in [3.8, 4) is 0 Å². The minimum Gasteiger partial charge on any atom is -0.339 e. The number of hydrogen-bond acceptors (Lipinski definition) is 5. The zero-order chi connectivity index (χ0) is 18.6. The van der Waals surface area contributed by atoms with Crippen molar-refractivity contribution in [2.24, 2.45) is 0 Å². The number of carbonyl (C=O) groups is 1. The smallest absolute Gasteiger partial charge is 0.233 e. The molecule has 0 atom stereocenters. The highest BCUT2D eigenvalue weighted by Gasteiger charge is 2.21. The Morgan fingerprint density at radius 2 is 1.89 bits per heavy atom. The third-order valence-corrected chi connectivity index (χ3v) is 7.02. The van der Waals surface area contributed by atoms with Crippen LogP contribution in [0.25, 0.3) is 10.2 Å². The van der Waals surface area contributed by atoms with Gasteiger partial charge >= 0.3 is 0 Å². The molecule has 0 spiro atoms. The summed E-state index contributed by atoms with van der Waals surface area (Å²) in [5.41, 5.74) is 2.22. The lowest BCUT2D eigenvalue weighted by atomic mass is 10.2. The van der Waals surface area contributed by atoms with E-state index in [0.717, 1.165) is 47.3 Å². The molecule has 1 fully saturated rings. The summed E-state index contributed by atoms with van der Waals surface area (Å²) in [5, 5.41) is 0.689. The van der Waals surface area contributed by atoms with E-state index in [1.54, 1.807) is 11.3 Å². The highest BCUT2D eigenvalue weighted by Crippen LogP contribution is 2.31. The van der Waals surface area contributed by atoms with Crippen LogP contribution in [0.5, 0.6) is 0 Å². The van der Waals surface area contributed by atoms with Crippen molar-refractivity contribution in [3.63, 3.8) is 0 Å². The topological polar surface area (TPSA) is 36.4 Å². The van der Waals surface area contributed by atoms with Crippen LogP contribution in [0.2, 0.25) is 5.02 Å². The van der Waals surface area contributed by atoms with Crippen molar-refractivity contribution < 1.29 is 4.79 Å². The summed E-state index contributed by atoms with van der Waals surface area (Å²) in [4.78, 5) is 21.5. The Balaban J connectivity index is 1.26. The quantitative estimate of drug-likeness (QED) is 0.577. The standard InChI is InChI=1S/C20H20ClN3OS2/c21-16-6-7-18-17(12-16)22-20(27-18)26-14-19(25)24-10-8-23(9-11-24)13-15-4-2-1-3-5-15/h1-7,12H,8-11,13-14H2. The number of amides is 1. The molecule has 1 aliphatic heterocycles. The lowest BCUT2D eigenvalue weighted by Gasteiger charge is -2.34. The first kappa shape index (κ1) is 18.7. The minimum atomic E-state index is 0.191. The van der Waals surface area contributed by atoms with Crippen LogP contribution in [-0.4, -0.2) is 52.6 Å². The summed E-state index contributed by atoms with van der Waals surface area (Å²) in [6.45, 7) is 4.38. The number of thioether (sulfide) groups is 1. The monoisotopic (exact) mass is 417 g/mol. The van der Waals surface area contributed by atoms with E-state index in [1.165, 1.54) is 17.3 Å². The molecular weight excluding hydrogens is 398 g/mol. The molecule has 0 saturated carbocycles. The molecule has 4 nitrogen and oxygen atoms in total. The van der Waals surface area contributed by atoms with Gasteiger partial charge in [0.1, 0.15) is 0 Å². The van der Waals surface area contributed by atoms with E-state index < -0.39 is 0 Å². The Hall–Kier alpha value is -1.60. The van der Waals surface area contributed by atoms with Gasteiger partial charge in [-0.25, -0.2) is 4.98 Å². The number of piperazine rings is 1. The van der Waals surface area contributed by atoms with E-state index in [2.05, 4.69) is 34.1 Å². The van der Waals surface area contributed by atoms with Gasteiger partial charge in [0.25, 0.3) is 0 Å². The maximum atomic E-state index is 12.5. The van der Waals surface area contributed by atoms with Crippen molar-refractivity contribution in [2.45, 2.75) is 10.9 Å². The van der Waals surface area contributed by atoms with Gasteiger partial charge in [0.15, 0.2) is 4.34 Å². The number of halogens is 1. The van der Waals surface area contributed by atoms with Gasteiger partial charge in [-0.1, -0.05) is 53.7 Å². The van der Waals surface area contributed by atoms with Gasteiger partial charge in [-0.3, -0.25) is 9.69 Å². The van der Waals surface area contributed by atoms with Gasteiger partial charge in [0, 0.05) is 37.7 Å². The number of rotatable bonds is 5. The molecule has 1 aliphatic rings. The second-order valence-corrected chi connectivity index (χ2v) is 9.21. The zero-order valence-electron chi connectivity index (χ0n) is 14.8. The van der Waals surface area contributed by atoms with E-state index in [9.17, 15) is 4.79 Å². The predicted molar refractivity (Wildman–Crippen MR) is 114 cm³/mol. The summed E-state index contributed by atoms with van der Waals surface area (Å²) in [7, 11) is 0. The van der Waals surface area contributed by atoms with Gasteiger partial charge in [-0.05, 0) is 23.8 Å². The number of carbonyl (C=O) groups excluding carboxylic acids is 1. The lowest BCUT2D eigenvalue weighted by Crippen LogP contribution is -2.48. The first-order chi connectivity index (χ1) is 13.2. The predicted octanol–water partition coefficient (Wildman–Crippen LogP) is 4.39. The Labute approximate surface area is 172 Å². The SMILES string of the molecule is O=C(CSc1nc2cc(Cl)ccc2s1)N1CCN(Cc2ccccc2)CC1. The second kappa shape index (κ2) is 8.61. The van der Waals surface area contributed by atoms with Crippen LogP contribution in [0, 0.1) is 0 Å². The molecule has 2 heterocycles. The summed E-state index contributed by atoms with van der Waals surface area (Å²) in [5.74, 6) is 0.628. The average Bonchev–Trinajstić information content (AvgIpc) is 3.09. The molecule has 4 rings (SSSR count). The van der Waals surface area contributed by atoms with E-state index >= 15 is 0 Å². The molecule has 1 aromatic heterocycles. The van der Waals surface area contributed by atoms with E-state index in [-0.39, 0.29) is 5.91 Å². The molecule has 2 aromatic carbocycles. The molecule has 140 valence electrons. The lowest BCUT2D eigenvalue weighted by molar-refractivity contribution is -0.130. The average molecular weight is 418 g/mol. The number of hydrogen-bond donors (Lipinski definition) is 0. The number of nitrogens with zero attached hydrogens (tertiary/aromatic N) is 3. The first-order valence-electron chi connectivity index (χ1n) is 8.90. The van der Waals surface area contributed by atoms with Gasteiger partial charge in [-0.15, -0.1) is 11.3 Å². The van der Waals surface area contributed by atoms with Crippen LogP contribution in [0.1, 0.15) is 5.56 Å². The fourth-order valence-corrected chi connectivity index (χ4v) is 5.27. The highest BCUT2D eigenvalue weighted by atomic mass is 35.5. The Morgan fingerprint density at radius 1 is 1.11 bits per heavy atom. The molecule has 27 heavy (non-hydrogen) atoms. The highest BCUT2D eigenvalue weighted by molar-refractivity contribution is 8.01. The van der Waals surface area contributed by atoms with Crippen LogP contribution >= 0.6 is 34.7 Å². The third-order valence-electron chi connectivity index (χ3n) is 4.62. The molecule has 0 bridgehead atoms. The molecule has 0 radical (unpaired) electrons. The van der Waals surface area contributed by atoms with Crippen LogP contribution < -0.4 is 0 Å². The second-order valence-electron chi connectivity index (χ2n) is 6.52. The largest absolute Gasteiger partial charge is 0.339 e. The number of aromatic nitrogens is 1. The van der Waals surface area contributed by atoms with Crippen molar-refractivity contribution in [1.29, 1.82) is 0 Å². The number of fused-ring (bicyclic) bond motifs is 1. The van der Waals surface area contributed by atoms with Crippen LogP contribution in [-0.2, 0) is 11.3 Å². The maximum Gasteiger partial charge on any atom is 0.233 e. The van der Waals surface area contributed by atoms with Gasteiger partial charge in [0.2, 0.25) is 5.91 Å². The summed E-state index contributed by atoms with van der Waals surface area (Å²) in [6, 6.07) is 16.2. The molecule has 0 N–H and O–H groups in total. The number of thiazole rings is 1. The van der Waals surface area contributed by atoms with Crippen LogP contribution in [0.15, 0.2) is 52.9 Å². The molecule has 0 aliphatic carbocycles. The van der Waals surface area contributed by atoms with Crippen LogP contribution in [0.4, 0.5) is 0 Å². The fraction of sp³-hybridized carbons (Fsp3) is 0.300. The van der Waals surface area contributed by atoms with Gasteiger partial charge in [-0.2, -0.15) is 0 Å². The van der Waals surface area contributed by atoms with Crippen molar-refractivity contribution in [3.05, 3.63) is 59.1 Å². The summed E-state index contributed by atoms with van der Waals surface area (Å²) in [6.07, 6.45) is 0. The Bertz CT molecular complexity index is 923. The molecule has 3 aromatic rings. The molecular formula is C20H20ClN3OS2. The molecule has 1 amide bonds. The molecule has 0 unspecified atom stereocenters. The number of benzene rings is 2. The van der Waals surface area contributed by atoms with Crippen molar-refractivity contribution in [2.75, 3.05) is 31.9 Å². The van der Waals surface area contributed by atoms with E-state index in [0.29, 0.717) is 10.8 Å². The van der Waals surface area contributed by atoms with Crippen molar-refractivity contribution in [1.82, 2.24) is 14.8 Å². The normalized spacial score (nSPS) is 15.4. The Kier molecular flexibility index (Phi) is 5.98. The summed E-state index contributed by atoms with van der Waals surface area (Å²) >= 11 is 9.14. The van der Waals surface area contributed by atoms with Crippen molar-refractivity contribution >= 4 is 50.8 Å². The molecule has 7 heteroatoms. The van der Waals surface area contributed by atoms with Gasteiger partial charge < -0.3 is 4.90 Å². The van der Waals surface area contributed by atoms with Crippen LogP contribution in [0.3, 0.4) is 0 Å².